The molecule has 2 aromatic rings. The van der Waals surface area contributed by atoms with Crippen molar-refractivity contribution in [3.05, 3.63) is 69.4 Å². The van der Waals surface area contributed by atoms with Gasteiger partial charge in [0.05, 0.1) is 0 Å². The summed E-state index contributed by atoms with van der Waals surface area (Å²) in [7, 11) is 0. The maximum atomic E-state index is 13.6. The highest BCUT2D eigenvalue weighted by atomic mass is 79.9. The van der Waals surface area contributed by atoms with Crippen molar-refractivity contribution in [1.82, 2.24) is 0 Å². The third kappa shape index (κ3) is 3.36. The van der Waals surface area contributed by atoms with Gasteiger partial charge in [0, 0.05) is 28.2 Å². The van der Waals surface area contributed by atoms with Gasteiger partial charge in [0.15, 0.2) is 0 Å². The van der Waals surface area contributed by atoms with Gasteiger partial charge in [-0.1, -0.05) is 28.1 Å². The molecule has 1 unspecified atom stereocenters. The zero-order chi connectivity index (χ0) is 14.0. The van der Waals surface area contributed by atoms with Crippen LogP contribution in [-0.2, 0) is 6.42 Å². The van der Waals surface area contributed by atoms with Crippen LogP contribution in [0.2, 0.25) is 0 Å². The van der Waals surface area contributed by atoms with Crippen LogP contribution in [-0.4, -0.2) is 0 Å². The predicted octanol–water partition coefficient (Wildman–Crippen LogP) is 4.11. The fourth-order valence-electron chi connectivity index (χ4n) is 1.93. The largest absolute Gasteiger partial charge is 0.323 e. The van der Waals surface area contributed by atoms with Gasteiger partial charge in [0.1, 0.15) is 17.5 Å². The number of hydrogen-bond acceptors (Lipinski definition) is 1. The van der Waals surface area contributed by atoms with Gasteiger partial charge in [-0.25, -0.2) is 13.2 Å². The molecule has 0 aliphatic heterocycles. The minimum Gasteiger partial charge on any atom is -0.323 e. The maximum Gasteiger partial charge on any atom is 0.133 e. The second kappa shape index (κ2) is 5.75. The third-order valence-electron chi connectivity index (χ3n) is 2.76. The van der Waals surface area contributed by atoms with E-state index in [0.29, 0.717) is 12.1 Å². The molecule has 0 saturated carbocycles. The number of benzene rings is 2. The molecule has 1 atom stereocenters. The molecule has 0 aliphatic rings. The van der Waals surface area contributed by atoms with Crippen LogP contribution in [0.4, 0.5) is 13.2 Å². The number of nitrogens with two attached hydrogens (primary N) is 1. The molecule has 0 aromatic heterocycles. The summed E-state index contributed by atoms with van der Waals surface area (Å²) in [5.74, 6) is -2.87. The van der Waals surface area contributed by atoms with Gasteiger partial charge >= 0.3 is 0 Å². The second-order valence-electron chi connectivity index (χ2n) is 4.22. The lowest BCUT2D eigenvalue weighted by atomic mass is 9.98. The second-order valence-corrected chi connectivity index (χ2v) is 5.14. The van der Waals surface area contributed by atoms with Crippen molar-refractivity contribution in [2.45, 2.75) is 12.5 Å². The lowest BCUT2D eigenvalue weighted by molar-refractivity contribution is 0.501. The van der Waals surface area contributed by atoms with E-state index >= 15 is 0 Å². The molecule has 2 N–H and O–H groups in total. The quantitative estimate of drug-likeness (QED) is 0.901. The van der Waals surface area contributed by atoms with E-state index in [1.54, 1.807) is 0 Å². The van der Waals surface area contributed by atoms with E-state index < -0.39 is 23.5 Å². The number of rotatable bonds is 3. The fourth-order valence-corrected chi connectivity index (χ4v) is 2.37. The van der Waals surface area contributed by atoms with Crippen LogP contribution >= 0.6 is 15.9 Å². The molecule has 2 aromatic carbocycles. The van der Waals surface area contributed by atoms with Crippen LogP contribution < -0.4 is 5.73 Å². The van der Waals surface area contributed by atoms with E-state index in [1.807, 2.05) is 24.3 Å². The van der Waals surface area contributed by atoms with Gasteiger partial charge in [-0.15, -0.1) is 0 Å². The molecule has 0 fully saturated rings. The van der Waals surface area contributed by atoms with Crippen LogP contribution in [0.25, 0.3) is 0 Å². The zero-order valence-electron chi connectivity index (χ0n) is 9.84. The van der Waals surface area contributed by atoms with Gasteiger partial charge < -0.3 is 5.73 Å². The molecule has 0 heterocycles. The summed E-state index contributed by atoms with van der Waals surface area (Å²) < 4.78 is 40.8. The lowest BCUT2D eigenvalue weighted by Gasteiger charge is -2.14. The smallest absolute Gasteiger partial charge is 0.133 e. The predicted molar refractivity (Wildman–Crippen MR) is 71.1 cm³/mol. The van der Waals surface area contributed by atoms with Crippen molar-refractivity contribution in [3.63, 3.8) is 0 Å². The molecule has 19 heavy (non-hydrogen) atoms. The minimum atomic E-state index is -0.958. The topological polar surface area (TPSA) is 26.0 Å². The SMILES string of the molecule is NC(Cc1cccc(Br)c1)c1c(F)cc(F)cc1F. The van der Waals surface area contributed by atoms with E-state index in [-0.39, 0.29) is 12.0 Å². The van der Waals surface area contributed by atoms with Gasteiger partial charge in [-0.2, -0.15) is 0 Å². The molecule has 0 aliphatic carbocycles. The molecular formula is C14H11BrF3N. The highest BCUT2D eigenvalue weighted by Crippen LogP contribution is 2.24. The molecule has 100 valence electrons. The Hall–Kier alpha value is -1.33. The van der Waals surface area contributed by atoms with Crippen LogP contribution in [0.15, 0.2) is 40.9 Å². The maximum absolute atomic E-state index is 13.6. The first-order valence-electron chi connectivity index (χ1n) is 5.62. The Kier molecular flexibility index (Phi) is 4.27. The van der Waals surface area contributed by atoms with Crippen molar-refractivity contribution in [2.75, 3.05) is 0 Å². The van der Waals surface area contributed by atoms with Gasteiger partial charge in [-0.3, -0.25) is 0 Å². The summed E-state index contributed by atoms with van der Waals surface area (Å²) in [5.41, 5.74) is 6.36. The summed E-state index contributed by atoms with van der Waals surface area (Å²) in [6.07, 6.45) is 0.263. The van der Waals surface area contributed by atoms with Gasteiger partial charge in [-0.05, 0) is 24.1 Å². The Labute approximate surface area is 117 Å². The Balaban J connectivity index is 2.28. The summed E-state index contributed by atoms with van der Waals surface area (Å²) >= 11 is 3.31. The molecule has 1 nitrogen and oxygen atoms in total. The summed E-state index contributed by atoms with van der Waals surface area (Å²) in [5, 5.41) is 0. The Morgan fingerprint density at radius 1 is 1.05 bits per heavy atom. The average molecular weight is 330 g/mol. The van der Waals surface area contributed by atoms with Crippen molar-refractivity contribution >= 4 is 15.9 Å². The molecular weight excluding hydrogens is 319 g/mol. The fraction of sp³-hybridized carbons (Fsp3) is 0.143. The summed E-state index contributed by atoms with van der Waals surface area (Å²) in [6, 6.07) is 7.69. The molecule has 5 heteroatoms. The van der Waals surface area contributed by atoms with Crippen LogP contribution in [0, 0.1) is 17.5 Å². The van der Waals surface area contributed by atoms with E-state index in [0.717, 1.165) is 10.0 Å². The molecule has 0 saturated heterocycles. The minimum absolute atomic E-state index is 0.263. The van der Waals surface area contributed by atoms with E-state index in [9.17, 15) is 13.2 Å². The first-order valence-corrected chi connectivity index (χ1v) is 6.41. The van der Waals surface area contributed by atoms with Crippen molar-refractivity contribution in [3.8, 4) is 0 Å². The highest BCUT2D eigenvalue weighted by molar-refractivity contribution is 9.10. The Morgan fingerprint density at radius 2 is 1.68 bits per heavy atom. The molecule has 0 amide bonds. The first-order chi connectivity index (χ1) is 8.97. The summed E-state index contributed by atoms with van der Waals surface area (Å²) in [6.45, 7) is 0. The van der Waals surface area contributed by atoms with Crippen LogP contribution in [0.1, 0.15) is 17.2 Å². The number of hydrogen-bond donors (Lipinski definition) is 1. The van der Waals surface area contributed by atoms with Crippen molar-refractivity contribution in [2.24, 2.45) is 5.73 Å². The summed E-state index contributed by atoms with van der Waals surface area (Å²) in [4.78, 5) is 0. The van der Waals surface area contributed by atoms with Crippen LogP contribution in [0.3, 0.4) is 0 Å². The Morgan fingerprint density at radius 3 is 2.26 bits per heavy atom. The standard InChI is InChI=1S/C14H11BrF3N/c15-9-3-1-2-8(4-9)5-13(19)14-11(17)6-10(16)7-12(14)18/h1-4,6-7,13H,5,19H2. The molecule has 2 rings (SSSR count). The van der Waals surface area contributed by atoms with E-state index in [4.69, 9.17) is 5.73 Å². The third-order valence-corrected chi connectivity index (χ3v) is 3.25. The van der Waals surface area contributed by atoms with Crippen molar-refractivity contribution < 1.29 is 13.2 Å². The lowest BCUT2D eigenvalue weighted by Crippen LogP contribution is -2.17. The molecule has 0 radical (unpaired) electrons. The first kappa shape index (κ1) is 14.1. The highest BCUT2D eigenvalue weighted by Gasteiger charge is 2.18. The zero-order valence-corrected chi connectivity index (χ0v) is 11.4. The van der Waals surface area contributed by atoms with Crippen LogP contribution in [0.5, 0.6) is 0 Å². The van der Waals surface area contributed by atoms with Gasteiger partial charge in [0.2, 0.25) is 0 Å². The van der Waals surface area contributed by atoms with E-state index in [1.165, 1.54) is 0 Å². The van der Waals surface area contributed by atoms with E-state index in [2.05, 4.69) is 15.9 Å². The average Bonchev–Trinajstić information content (AvgIpc) is 2.27. The number of halogens is 4. The van der Waals surface area contributed by atoms with Gasteiger partial charge in [0.25, 0.3) is 0 Å². The Bertz CT molecular complexity index is 578. The molecule has 0 spiro atoms. The normalized spacial score (nSPS) is 12.5. The van der Waals surface area contributed by atoms with Crippen molar-refractivity contribution in [1.29, 1.82) is 0 Å². The monoisotopic (exact) mass is 329 g/mol. The molecule has 0 bridgehead atoms.